The number of hydrogen-bond acceptors (Lipinski definition) is 5. The molecule has 0 aromatic rings. The van der Waals surface area contributed by atoms with Crippen molar-refractivity contribution in [3.8, 4) is 0 Å². The molecule has 0 saturated carbocycles. The highest BCUT2D eigenvalue weighted by atomic mass is 16.6. The van der Waals surface area contributed by atoms with Gasteiger partial charge in [-0.1, -0.05) is 71.1 Å². The maximum absolute atomic E-state index is 11.7. The van der Waals surface area contributed by atoms with E-state index in [1.807, 2.05) is 0 Å². The Bertz CT molecular complexity index is 368. The lowest BCUT2D eigenvalue weighted by atomic mass is 9.99. The molecule has 3 atom stereocenters. The maximum Gasteiger partial charge on any atom is 0.305 e. The van der Waals surface area contributed by atoms with E-state index >= 15 is 0 Å². The largest absolute Gasteiger partial charge is 0.463 e. The second-order valence-corrected chi connectivity index (χ2v) is 8.32. The molecule has 1 aliphatic heterocycles. The number of carbonyl (C=O) groups excluding carboxylic acids is 1. The van der Waals surface area contributed by atoms with Crippen molar-refractivity contribution >= 4 is 5.97 Å². The summed E-state index contributed by atoms with van der Waals surface area (Å²) in [6, 6.07) is 0. The van der Waals surface area contributed by atoms with Crippen molar-refractivity contribution in [3.05, 3.63) is 0 Å². The van der Waals surface area contributed by atoms with Crippen molar-refractivity contribution in [3.63, 3.8) is 0 Å². The Kier molecular flexibility index (Phi) is 15.6. The molecule has 1 fully saturated rings. The maximum atomic E-state index is 11.7. The molecule has 5 heteroatoms. The number of rotatable bonds is 18. The van der Waals surface area contributed by atoms with Gasteiger partial charge in [-0.3, -0.25) is 4.79 Å². The van der Waals surface area contributed by atoms with E-state index in [-0.39, 0.29) is 12.1 Å². The fourth-order valence-corrected chi connectivity index (χ4v) is 3.71. The second kappa shape index (κ2) is 17.2. The molecular weight excluding hydrogens is 356 g/mol. The van der Waals surface area contributed by atoms with Gasteiger partial charge in [0.05, 0.1) is 18.3 Å². The third-order valence-electron chi connectivity index (χ3n) is 5.63. The Morgan fingerprint density at radius 1 is 0.929 bits per heavy atom. The van der Waals surface area contributed by atoms with Crippen LogP contribution < -0.4 is 0 Å². The van der Waals surface area contributed by atoms with Gasteiger partial charge in [-0.05, 0) is 32.1 Å². The van der Waals surface area contributed by atoms with E-state index in [1.54, 1.807) is 0 Å². The highest BCUT2D eigenvalue weighted by Crippen LogP contribution is 2.16. The Hall–Kier alpha value is -0.650. The summed E-state index contributed by atoms with van der Waals surface area (Å²) in [5.41, 5.74) is 0. The highest BCUT2D eigenvalue weighted by molar-refractivity contribution is 5.69. The number of aliphatic hydroxyl groups is 2. The molecule has 0 spiro atoms. The minimum absolute atomic E-state index is 0.104. The SMILES string of the molecule is CCCCCCCCC(O)C(O)CCCCCCCC(=O)OCC1CCCO1. The van der Waals surface area contributed by atoms with E-state index < -0.39 is 12.2 Å². The minimum atomic E-state index is -0.594. The van der Waals surface area contributed by atoms with Crippen molar-refractivity contribution in [2.75, 3.05) is 13.2 Å². The van der Waals surface area contributed by atoms with Crippen LogP contribution in [0.15, 0.2) is 0 Å². The molecule has 1 saturated heterocycles. The molecule has 0 radical (unpaired) electrons. The highest BCUT2D eigenvalue weighted by Gasteiger charge is 2.17. The zero-order valence-corrected chi connectivity index (χ0v) is 18.1. The molecule has 28 heavy (non-hydrogen) atoms. The first-order chi connectivity index (χ1) is 13.6. The predicted octanol–water partition coefficient (Wildman–Crippen LogP) is 4.91. The fourth-order valence-electron chi connectivity index (χ4n) is 3.71. The van der Waals surface area contributed by atoms with Gasteiger partial charge in [0.15, 0.2) is 0 Å². The molecule has 3 unspecified atom stereocenters. The summed E-state index contributed by atoms with van der Waals surface area (Å²) in [6.45, 7) is 3.40. The average molecular weight is 401 g/mol. The second-order valence-electron chi connectivity index (χ2n) is 8.32. The van der Waals surface area contributed by atoms with Gasteiger partial charge in [0.2, 0.25) is 0 Å². The van der Waals surface area contributed by atoms with E-state index in [0.29, 0.717) is 25.9 Å². The molecular formula is C23H44O5. The Morgan fingerprint density at radius 2 is 1.50 bits per heavy atom. The topological polar surface area (TPSA) is 76.0 Å². The first kappa shape index (κ1) is 25.4. The third-order valence-corrected chi connectivity index (χ3v) is 5.63. The van der Waals surface area contributed by atoms with Crippen LogP contribution in [0.25, 0.3) is 0 Å². The first-order valence-corrected chi connectivity index (χ1v) is 11.8. The molecule has 0 aromatic carbocycles. The van der Waals surface area contributed by atoms with Gasteiger partial charge in [-0.15, -0.1) is 0 Å². The molecule has 0 aromatic heterocycles. The summed E-state index contributed by atoms with van der Waals surface area (Å²) in [5, 5.41) is 20.1. The average Bonchev–Trinajstić information content (AvgIpc) is 3.21. The number of hydrogen-bond donors (Lipinski definition) is 2. The summed E-state index contributed by atoms with van der Waals surface area (Å²) in [4.78, 5) is 11.7. The Morgan fingerprint density at radius 3 is 2.07 bits per heavy atom. The quantitative estimate of drug-likeness (QED) is 0.252. The molecule has 2 N–H and O–H groups in total. The van der Waals surface area contributed by atoms with Crippen LogP contribution in [-0.2, 0) is 14.3 Å². The fraction of sp³-hybridized carbons (Fsp3) is 0.957. The summed E-state index contributed by atoms with van der Waals surface area (Å²) in [5.74, 6) is -0.122. The predicted molar refractivity (Wildman–Crippen MR) is 112 cm³/mol. The molecule has 0 amide bonds. The van der Waals surface area contributed by atoms with Gasteiger partial charge in [0.1, 0.15) is 6.61 Å². The van der Waals surface area contributed by atoms with Gasteiger partial charge < -0.3 is 19.7 Å². The monoisotopic (exact) mass is 400 g/mol. The van der Waals surface area contributed by atoms with Gasteiger partial charge in [-0.25, -0.2) is 0 Å². The van der Waals surface area contributed by atoms with E-state index in [4.69, 9.17) is 9.47 Å². The summed E-state index contributed by atoms with van der Waals surface area (Å²) in [6.07, 6.45) is 14.9. The molecule has 1 aliphatic rings. The lowest BCUT2D eigenvalue weighted by Crippen LogP contribution is -2.25. The zero-order valence-electron chi connectivity index (χ0n) is 18.1. The van der Waals surface area contributed by atoms with Crippen LogP contribution in [0.2, 0.25) is 0 Å². The minimum Gasteiger partial charge on any atom is -0.463 e. The van der Waals surface area contributed by atoms with Gasteiger partial charge in [0.25, 0.3) is 0 Å². The zero-order chi connectivity index (χ0) is 20.5. The van der Waals surface area contributed by atoms with E-state index in [2.05, 4.69) is 6.92 Å². The lowest BCUT2D eigenvalue weighted by Gasteiger charge is -2.17. The number of carbonyl (C=O) groups is 1. The summed E-state index contributed by atoms with van der Waals surface area (Å²) >= 11 is 0. The Labute approximate surface area is 172 Å². The molecule has 0 aliphatic carbocycles. The normalized spacial score (nSPS) is 18.9. The van der Waals surface area contributed by atoms with Gasteiger partial charge in [0, 0.05) is 13.0 Å². The van der Waals surface area contributed by atoms with Crippen molar-refractivity contribution in [1.82, 2.24) is 0 Å². The van der Waals surface area contributed by atoms with Crippen LogP contribution in [0.5, 0.6) is 0 Å². The van der Waals surface area contributed by atoms with Crippen LogP contribution in [-0.4, -0.2) is 47.7 Å². The Balaban J connectivity index is 1.86. The molecule has 0 bridgehead atoms. The van der Waals surface area contributed by atoms with Crippen molar-refractivity contribution in [1.29, 1.82) is 0 Å². The summed E-state index contributed by atoms with van der Waals surface area (Å²) < 4.78 is 10.7. The molecule has 1 heterocycles. The van der Waals surface area contributed by atoms with Crippen LogP contribution in [0.3, 0.4) is 0 Å². The number of unbranched alkanes of at least 4 members (excludes halogenated alkanes) is 9. The van der Waals surface area contributed by atoms with Gasteiger partial charge >= 0.3 is 5.97 Å². The molecule has 1 rings (SSSR count). The standard InChI is InChI=1S/C23H44O5/c1-2-3-4-5-7-10-15-21(24)22(25)16-11-8-6-9-12-17-23(26)28-19-20-14-13-18-27-20/h20-22,24-25H,2-19H2,1H3. The first-order valence-electron chi connectivity index (χ1n) is 11.8. The van der Waals surface area contributed by atoms with Crippen LogP contribution >= 0.6 is 0 Å². The van der Waals surface area contributed by atoms with E-state index in [9.17, 15) is 15.0 Å². The van der Waals surface area contributed by atoms with Crippen molar-refractivity contribution in [2.45, 2.75) is 128 Å². The van der Waals surface area contributed by atoms with E-state index in [1.165, 1.54) is 25.7 Å². The van der Waals surface area contributed by atoms with E-state index in [0.717, 1.165) is 64.4 Å². The van der Waals surface area contributed by atoms with Crippen LogP contribution in [0.1, 0.15) is 110 Å². The third kappa shape index (κ3) is 13.5. The molecule has 5 nitrogen and oxygen atoms in total. The summed E-state index contributed by atoms with van der Waals surface area (Å²) in [7, 11) is 0. The van der Waals surface area contributed by atoms with Crippen molar-refractivity contribution < 1.29 is 24.5 Å². The van der Waals surface area contributed by atoms with Crippen molar-refractivity contribution in [2.24, 2.45) is 0 Å². The molecule has 166 valence electrons. The number of esters is 1. The van der Waals surface area contributed by atoms with Gasteiger partial charge in [-0.2, -0.15) is 0 Å². The lowest BCUT2D eigenvalue weighted by molar-refractivity contribution is -0.147. The number of ether oxygens (including phenoxy) is 2. The number of aliphatic hydroxyl groups excluding tert-OH is 2. The van der Waals surface area contributed by atoms with Crippen LogP contribution in [0.4, 0.5) is 0 Å². The van der Waals surface area contributed by atoms with Crippen LogP contribution in [0, 0.1) is 0 Å². The smallest absolute Gasteiger partial charge is 0.305 e.